The van der Waals surface area contributed by atoms with Crippen molar-refractivity contribution in [3.63, 3.8) is 0 Å². The Morgan fingerprint density at radius 1 is 1.12 bits per heavy atom. The van der Waals surface area contributed by atoms with E-state index in [-0.39, 0.29) is 41.7 Å². The van der Waals surface area contributed by atoms with E-state index in [0.29, 0.717) is 17.7 Å². The number of nitrogens with one attached hydrogen (secondary N) is 1. The number of rotatable bonds is 7. The second-order valence-corrected chi connectivity index (χ2v) is 14.1. The molecule has 0 spiro atoms. The molecule has 1 fully saturated rings. The summed E-state index contributed by atoms with van der Waals surface area (Å²) in [6.07, 6.45) is -6.73. The smallest absolute Gasteiger partial charge is 0.429 e. The second kappa shape index (κ2) is 13.2. The minimum Gasteiger partial charge on any atom is -0.475 e. The summed E-state index contributed by atoms with van der Waals surface area (Å²) in [5.41, 5.74) is 0.358. The van der Waals surface area contributed by atoms with Crippen LogP contribution in [0.2, 0.25) is 0 Å². The lowest BCUT2D eigenvalue weighted by Gasteiger charge is -2.41. The van der Waals surface area contributed by atoms with Gasteiger partial charge >= 0.3 is 12.3 Å². The summed E-state index contributed by atoms with van der Waals surface area (Å²) in [5.74, 6) is -1.38. The summed E-state index contributed by atoms with van der Waals surface area (Å²) in [6.45, 7) is 8.05. The van der Waals surface area contributed by atoms with Gasteiger partial charge < -0.3 is 9.47 Å². The number of carbonyl (C=O) groups excluding carboxylic acids is 2. The zero-order chi connectivity index (χ0) is 35.0. The topological polar surface area (TPSA) is 131 Å². The molecule has 2 aliphatic rings. The zero-order valence-corrected chi connectivity index (χ0v) is 28.1. The number of amides is 2. The third-order valence-electron chi connectivity index (χ3n) is 8.36. The Morgan fingerprint density at radius 2 is 1.79 bits per heavy atom. The highest BCUT2D eigenvalue weighted by Gasteiger charge is 2.64. The van der Waals surface area contributed by atoms with Gasteiger partial charge in [-0.25, -0.2) is 32.9 Å². The van der Waals surface area contributed by atoms with Crippen LogP contribution in [0.1, 0.15) is 67.9 Å². The standard InChI is InChI=1S/C33H38F3N5O6S/c1-6-15-40(31(43)47-20(2)3)41-24(18-32(13-14-32)33(34,35)36)19-46-27-17-26(28-21(4)9-7-10-22(28)5)37-30(38-27)39-48(44,45)25-12-8-11-23(16-25)29(41)42/h7-12,16-17,20,24H,6,13-15,18-19H2,1-5H3,(H,37,38,39)/t24-/m1/s1. The normalized spacial score (nSPS) is 18.5. The summed E-state index contributed by atoms with van der Waals surface area (Å²) in [4.78, 5) is 36.3. The van der Waals surface area contributed by atoms with Crippen LogP contribution < -0.4 is 9.46 Å². The first-order chi connectivity index (χ1) is 22.5. The van der Waals surface area contributed by atoms with E-state index in [9.17, 15) is 31.2 Å². The molecule has 2 heterocycles. The number of nitrogens with zero attached hydrogens (tertiary/aromatic N) is 4. The predicted molar refractivity (Wildman–Crippen MR) is 171 cm³/mol. The van der Waals surface area contributed by atoms with Crippen LogP contribution in [-0.4, -0.2) is 71.9 Å². The largest absolute Gasteiger partial charge is 0.475 e. The Labute approximate surface area is 277 Å². The SMILES string of the molecule is CCCN(C(=O)OC(C)C)N1C(=O)c2cccc(c2)S(=O)(=O)Nc2nc(cc(-c3c(C)cccc3C)n2)OC[C@H]1CC1(C(F)(F)F)CC1. The number of fused-ring (bicyclic) bond motifs is 4. The first-order valence-electron chi connectivity index (χ1n) is 15.6. The summed E-state index contributed by atoms with van der Waals surface area (Å²) in [5, 5.41) is 1.92. The number of aryl methyl sites for hydroxylation is 2. The molecular weight excluding hydrogens is 651 g/mol. The van der Waals surface area contributed by atoms with Crippen LogP contribution in [0.5, 0.6) is 5.88 Å². The van der Waals surface area contributed by atoms with Gasteiger partial charge in [0.05, 0.1) is 28.2 Å². The lowest BCUT2D eigenvalue weighted by molar-refractivity contribution is -0.195. The molecule has 1 N–H and O–H groups in total. The van der Waals surface area contributed by atoms with Gasteiger partial charge in [-0.3, -0.25) is 4.79 Å². The molecule has 3 aromatic rings. The zero-order valence-electron chi connectivity index (χ0n) is 27.3. The first kappa shape index (κ1) is 34.9. The molecule has 0 saturated heterocycles. The van der Waals surface area contributed by atoms with Crippen molar-refractivity contribution in [2.45, 2.75) is 83.5 Å². The molecule has 1 aliphatic carbocycles. The maximum atomic E-state index is 14.5. The maximum absolute atomic E-state index is 14.5. The van der Waals surface area contributed by atoms with Crippen molar-refractivity contribution in [3.05, 3.63) is 65.2 Å². The van der Waals surface area contributed by atoms with E-state index < -0.39 is 58.8 Å². The van der Waals surface area contributed by atoms with Crippen LogP contribution >= 0.6 is 0 Å². The quantitative estimate of drug-likeness (QED) is 0.291. The number of ether oxygens (including phenoxy) is 2. The molecule has 258 valence electrons. The molecule has 1 aromatic heterocycles. The number of benzene rings is 2. The number of sulfonamides is 1. The van der Waals surface area contributed by atoms with Gasteiger partial charge in [-0.2, -0.15) is 18.2 Å². The van der Waals surface area contributed by atoms with Crippen molar-refractivity contribution >= 4 is 28.0 Å². The van der Waals surface area contributed by atoms with Crippen LogP contribution in [0.15, 0.2) is 53.4 Å². The Bertz CT molecular complexity index is 1790. The van der Waals surface area contributed by atoms with Gasteiger partial charge in [0.2, 0.25) is 11.8 Å². The van der Waals surface area contributed by atoms with Crippen molar-refractivity contribution in [3.8, 4) is 17.1 Å². The number of hydrogen-bond donors (Lipinski definition) is 1. The Balaban J connectivity index is 1.73. The first-order valence-corrected chi connectivity index (χ1v) is 17.1. The highest BCUT2D eigenvalue weighted by atomic mass is 32.2. The summed E-state index contributed by atoms with van der Waals surface area (Å²) >= 11 is 0. The molecule has 1 saturated carbocycles. The minimum absolute atomic E-state index is 0.0826. The van der Waals surface area contributed by atoms with Crippen molar-refractivity contribution in [2.24, 2.45) is 5.41 Å². The van der Waals surface area contributed by atoms with E-state index in [4.69, 9.17) is 9.47 Å². The average molecular weight is 690 g/mol. The molecular formula is C33H38F3N5O6S. The van der Waals surface area contributed by atoms with E-state index in [1.165, 1.54) is 24.3 Å². The molecule has 2 aromatic carbocycles. The molecule has 11 nitrogen and oxygen atoms in total. The van der Waals surface area contributed by atoms with Gasteiger partial charge in [-0.05, 0) is 82.7 Å². The average Bonchev–Trinajstić information content (AvgIpc) is 3.79. The molecule has 5 rings (SSSR count). The maximum Gasteiger partial charge on any atom is 0.429 e. The molecule has 2 amide bonds. The third-order valence-corrected chi connectivity index (χ3v) is 9.68. The number of hydrogen-bond acceptors (Lipinski definition) is 8. The Kier molecular flexibility index (Phi) is 9.64. The number of carbonyl (C=O) groups is 2. The highest BCUT2D eigenvalue weighted by molar-refractivity contribution is 7.92. The van der Waals surface area contributed by atoms with Gasteiger partial charge in [-0.1, -0.05) is 31.2 Å². The van der Waals surface area contributed by atoms with Crippen LogP contribution in [0, 0.1) is 19.3 Å². The Morgan fingerprint density at radius 3 is 2.40 bits per heavy atom. The second-order valence-electron chi connectivity index (χ2n) is 12.5. The van der Waals surface area contributed by atoms with E-state index in [1.807, 2.05) is 32.0 Å². The number of aromatic nitrogens is 2. The van der Waals surface area contributed by atoms with E-state index >= 15 is 0 Å². The molecule has 1 atom stereocenters. The van der Waals surface area contributed by atoms with Crippen LogP contribution in [0.4, 0.5) is 23.9 Å². The van der Waals surface area contributed by atoms with E-state index in [0.717, 1.165) is 27.2 Å². The molecule has 48 heavy (non-hydrogen) atoms. The van der Waals surface area contributed by atoms with Crippen molar-refractivity contribution in [1.29, 1.82) is 0 Å². The van der Waals surface area contributed by atoms with Gasteiger partial charge in [0.1, 0.15) is 6.61 Å². The molecule has 0 radical (unpaired) electrons. The minimum atomic E-state index is -4.59. The summed E-state index contributed by atoms with van der Waals surface area (Å²) in [6, 6.07) is 10.7. The van der Waals surface area contributed by atoms with Gasteiger partial charge in [0.15, 0.2) is 0 Å². The lowest BCUT2D eigenvalue weighted by atomic mass is 9.95. The molecule has 0 unspecified atom stereocenters. The predicted octanol–water partition coefficient (Wildman–Crippen LogP) is 6.67. The van der Waals surface area contributed by atoms with E-state index in [1.54, 1.807) is 20.8 Å². The van der Waals surface area contributed by atoms with Crippen LogP contribution in [0.25, 0.3) is 11.3 Å². The number of anilines is 1. The van der Waals surface area contributed by atoms with Crippen molar-refractivity contribution in [2.75, 3.05) is 17.9 Å². The fourth-order valence-electron chi connectivity index (χ4n) is 5.84. The van der Waals surface area contributed by atoms with Gasteiger partial charge in [-0.15, -0.1) is 0 Å². The Hall–Kier alpha value is -4.40. The van der Waals surface area contributed by atoms with Crippen LogP contribution in [0.3, 0.4) is 0 Å². The fraction of sp³-hybridized carbons (Fsp3) is 0.455. The van der Waals surface area contributed by atoms with Gasteiger partial charge in [0, 0.05) is 23.7 Å². The van der Waals surface area contributed by atoms with Gasteiger partial charge in [0.25, 0.3) is 15.9 Å². The summed E-state index contributed by atoms with van der Waals surface area (Å²) in [7, 11) is -4.39. The lowest BCUT2D eigenvalue weighted by Crippen LogP contribution is -2.58. The summed E-state index contributed by atoms with van der Waals surface area (Å²) < 4.78 is 84.5. The number of hydrazine groups is 1. The van der Waals surface area contributed by atoms with Crippen LogP contribution in [-0.2, 0) is 14.8 Å². The highest BCUT2D eigenvalue weighted by Crippen LogP contribution is 2.61. The third kappa shape index (κ3) is 7.20. The molecule has 1 aliphatic heterocycles. The van der Waals surface area contributed by atoms with Crippen molar-refractivity contribution < 1.29 is 40.7 Å². The molecule has 4 bridgehead atoms. The van der Waals surface area contributed by atoms with Crippen molar-refractivity contribution in [1.82, 2.24) is 20.0 Å². The number of halogens is 3. The monoisotopic (exact) mass is 689 g/mol. The fourth-order valence-corrected chi connectivity index (χ4v) is 6.82. The number of alkyl halides is 3. The molecule has 15 heteroatoms. The van der Waals surface area contributed by atoms with E-state index in [2.05, 4.69) is 14.7 Å².